The lowest BCUT2D eigenvalue weighted by atomic mass is 10.0. The Morgan fingerprint density at radius 2 is 1.89 bits per heavy atom. The Hall–Kier alpha value is -2.23. The van der Waals surface area contributed by atoms with E-state index in [1.165, 1.54) is 18.2 Å². The van der Waals surface area contributed by atoms with Gasteiger partial charge in [0.15, 0.2) is 17.4 Å². The fourth-order valence-corrected chi connectivity index (χ4v) is 1.62. The molecule has 0 spiro atoms. The van der Waals surface area contributed by atoms with E-state index < -0.39 is 17.4 Å². The SMILES string of the molecule is Cc1ccc(C(=O)c2cccc(F)c2F)cc1N. The maximum atomic E-state index is 13.5. The van der Waals surface area contributed by atoms with E-state index in [-0.39, 0.29) is 11.1 Å². The number of aryl methyl sites for hydroxylation is 1. The molecule has 2 aromatic carbocycles. The van der Waals surface area contributed by atoms with Gasteiger partial charge in [-0.25, -0.2) is 8.78 Å². The van der Waals surface area contributed by atoms with Gasteiger partial charge < -0.3 is 5.73 Å². The van der Waals surface area contributed by atoms with Gasteiger partial charge in [0, 0.05) is 11.3 Å². The third-order valence-corrected chi connectivity index (χ3v) is 2.74. The van der Waals surface area contributed by atoms with Crippen molar-refractivity contribution < 1.29 is 13.6 Å². The zero-order valence-corrected chi connectivity index (χ0v) is 9.71. The van der Waals surface area contributed by atoms with Crippen LogP contribution in [0.5, 0.6) is 0 Å². The van der Waals surface area contributed by atoms with Crippen molar-refractivity contribution in [1.82, 2.24) is 0 Å². The maximum Gasteiger partial charge on any atom is 0.196 e. The Labute approximate surface area is 103 Å². The zero-order valence-electron chi connectivity index (χ0n) is 9.71. The van der Waals surface area contributed by atoms with Gasteiger partial charge in [0.2, 0.25) is 0 Å². The van der Waals surface area contributed by atoms with Crippen LogP contribution in [0, 0.1) is 18.6 Å². The second-order valence-corrected chi connectivity index (χ2v) is 4.00. The summed E-state index contributed by atoms with van der Waals surface area (Å²) in [7, 11) is 0. The Morgan fingerprint density at radius 1 is 1.17 bits per heavy atom. The Kier molecular flexibility index (Phi) is 3.10. The summed E-state index contributed by atoms with van der Waals surface area (Å²) in [5.41, 5.74) is 6.90. The van der Waals surface area contributed by atoms with Crippen LogP contribution in [0.15, 0.2) is 36.4 Å². The first-order chi connectivity index (χ1) is 8.50. The van der Waals surface area contributed by atoms with Crippen LogP contribution in [0.4, 0.5) is 14.5 Å². The number of rotatable bonds is 2. The number of benzene rings is 2. The van der Waals surface area contributed by atoms with Crippen molar-refractivity contribution in [3.05, 3.63) is 64.7 Å². The van der Waals surface area contributed by atoms with Gasteiger partial charge in [0.25, 0.3) is 0 Å². The highest BCUT2D eigenvalue weighted by atomic mass is 19.2. The normalized spacial score (nSPS) is 10.4. The lowest BCUT2D eigenvalue weighted by Crippen LogP contribution is -2.06. The second-order valence-electron chi connectivity index (χ2n) is 4.00. The molecule has 0 aliphatic rings. The molecule has 4 heteroatoms. The number of halogens is 2. The number of nitrogens with two attached hydrogens (primary N) is 1. The van der Waals surface area contributed by atoms with Crippen molar-refractivity contribution in [1.29, 1.82) is 0 Å². The minimum absolute atomic E-state index is 0.239. The molecule has 2 aromatic rings. The Balaban J connectivity index is 2.48. The molecule has 0 amide bonds. The molecule has 2 rings (SSSR count). The van der Waals surface area contributed by atoms with E-state index in [2.05, 4.69) is 0 Å². The van der Waals surface area contributed by atoms with Crippen LogP contribution in [-0.4, -0.2) is 5.78 Å². The van der Waals surface area contributed by atoms with Gasteiger partial charge in [-0.1, -0.05) is 18.2 Å². The molecule has 0 saturated heterocycles. The summed E-state index contributed by atoms with van der Waals surface area (Å²) >= 11 is 0. The minimum Gasteiger partial charge on any atom is -0.398 e. The van der Waals surface area contributed by atoms with Crippen molar-refractivity contribution in [3.63, 3.8) is 0 Å². The quantitative estimate of drug-likeness (QED) is 0.654. The lowest BCUT2D eigenvalue weighted by Gasteiger charge is -2.06. The summed E-state index contributed by atoms with van der Waals surface area (Å²) in [5, 5.41) is 0. The smallest absolute Gasteiger partial charge is 0.196 e. The number of hydrogen-bond acceptors (Lipinski definition) is 2. The van der Waals surface area contributed by atoms with Crippen molar-refractivity contribution in [3.8, 4) is 0 Å². The predicted molar refractivity (Wildman–Crippen MR) is 65.4 cm³/mol. The maximum absolute atomic E-state index is 13.5. The molecular formula is C14H11F2NO. The van der Waals surface area contributed by atoms with Gasteiger partial charge >= 0.3 is 0 Å². The fraction of sp³-hybridized carbons (Fsp3) is 0.0714. The van der Waals surface area contributed by atoms with Crippen LogP contribution in [0.25, 0.3) is 0 Å². The molecule has 0 aliphatic carbocycles. The van der Waals surface area contributed by atoms with Crippen LogP contribution in [0.2, 0.25) is 0 Å². The first-order valence-electron chi connectivity index (χ1n) is 5.35. The summed E-state index contributed by atoms with van der Waals surface area (Å²) in [4.78, 5) is 12.0. The minimum atomic E-state index is -1.14. The summed E-state index contributed by atoms with van der Waals surface area (Å²) in [6.45, 7) is 1.80. The first-order valence-corrected chi connectivity index (χ1v) is 5.35. The molecular weight excluding hydrogens is 236 g/mol. The number of nitrogen functional groups attached to an aromatic ring is 1. The highest BCUT2D eigenvalue weighted by Crippen LogP contribution is 2.19. The molecule has 0 heterocycles. The van der Waals surface area contributed by atoms with Crippen molar-refractivity contribution in [2.45, 2.75) is 6.92 Å². The Morgan fingerprint density at radius 3 is 2.56 bits per heavy atom. The molecule has 0 aromatic heterocycles. The summed E-state index contributed by atoms with van der Waals surface area (Å²) < 4.78 is 26.5. The number of hydrogen-bond donors (Lipinski definition) is 1. The van der Waals surface area contributed by atoms with Gasteiger partial charge in [0.1, 0.15) is 0 Å². The van der Waals surface area contributed by atoms with E-state index in [9.17, 15) is 13.6 Å². The second kappa shape index (κ2) is 4.56. The Bertz CT molecular complexity index is 623. The van der Waals surface area contributed by atoms with Crippen LogP contribution in [0.3, 0.4) is 0 Å². The molecule has 2 N–H and O–H groups in total. The average Bonchev–Trinajstić information content (AvgIpc) is 2.35. The van der Waals surface area contributed by atoms with Crippen LogP contribution in [-0.2, 0) is 0 Å². The van der Waals surface area contributed by atoms with Gasteiger partial charge in [-0.2, -0.15) is 0 Å². The molecule has 2 nitrogen and oxygen atoms in total. The van der Waals surface area contributed by atoms with Crippen LogP contribution in [0.1, 0.15) is 21.5 Å². The molecule has 92 valence electrons. The van der Waals surface area contributed by atoms with Gasteiger partial charge in [-0.15, -0.1) is 0 Å². The molecule has 0 unspecified atom stereocenters. The number of carbonyl (C=O) groups excluding carboxylic acids is 1. The summed E-state index contributed by atoms with van der Waals surface area (Å²) in [5.74, 6) is -2.76. The first kappa shape index (κ1) is 12.2. The lowest BCUT2D eigenvalue weighted by molar-refractivity contribution is 0.103. The van der Waals surface area contributed by atoms with E-state index in [4.69, 9.17) is 5.73 Å². The van der Waals surface area contributed by atoms with Gasteiger partial charge in [-0.3, -0.25) is 4.79 Å². The molecule has 0 bridgehead atoms. The zero-order chi connectivity index (χ0) is 13.3. The predicted octanol–water partition coefficient (Wildman–Crippen LogP) is 3.09. The number of carbonyl (C=O) groups is 1. The molecule has 0 saturated carbocycles. The molecule has 0 atom stereocenters. The van der Waals surface area contributed by atoms with Crippen LogP contribution >= 0.6 is 0 Å². The van der Waals surface area contributed by atoms with Gasteiger partial charge in [0.05, 0.1) is 5.56 Å². The number of ketones is 1. The van der Waals surface area contributed by atoms with Crippen molar-refractivity contribution in [2.75, 3.05) is 5.73 Å². The topological polar surface area (TPSA) is 43.1 Å². The van der Waals surface area contributed by atoms with Crippen molar-refractivity contribution >= 4 is 11.5 Å². The van der Waals surface area contributed by atoms with Gasteiger partial charge in [-0.05, 0) is 30.7 Å². The highest BCUT2D eigenvalue weighted by molar-refractivity contribution is 6.09. The summed E-state index contributed by atoms with van der Waals surface area (Å²) in [6, 6.07) is 8.18. The van der Waals surface area contributed by atoms with E-state index in [0.29, 0.717) is 5.69 Å². The van der Waals surface area contributed by atoms with E-state index in [1.54, 1.807) is 19.1 Å². The fourth-order valence-electron chi connectivity index (χ4n) is 1.62. The number of anilines is 1. The molecule has 18 heavy (non-hydrogen) atoms. The highest BCUT2D eigenvalue weighted by Gasteiger charge is 2.17. The third-order valence-electron chi connectivity index (χ3n) is 2.74. The monoisotopic (exact) mass is 247 g/mol. The third kappa shape index (κ3) is 2.09. The van der Waals surface area contributed by atoms with E-state index >= 15 is 0 Å². The van der Waals surface area contributed by atoms with Crippen molar-refractivity contribution in [2.24, 2.45) is 0 Å². The largest absolute Gasteiger partial charge is 0.398 e. The average molecular weight is 247 g/mol. The van der Waals surface area contributed by atoms with E-state index in [1.807, 2.05) is 0 Å². The molecule has 0 aliphatic heterocycles. The molecule has 0 fully saturated rings. The van der Waals surface area contributed by atoms with E-state index in [0.717, 1.165) is 11.6 Å². The molecule has 0 radical (unpaired) electrons. The standard InChI is InChI=1S/C14H11F2NO/c1-8-5-6-9(7-12(8)17)14(18)10-3-2-4-11(15)13(10)16/h2-7H,17H2,1H3. The van der Waals surface area contributed by atoms with Crippen LogP contribution < -0.4 is 5.73 Å². The summed E-state index contributed by atoms with van der Waals surface area (Å²) in [6.07, 6.45) is 0.